The zero-order chi connectivity index (χ0) is 17.7. The van der Waals surface area contributed by atoms with Gasteiger partial charge in [0, 0.05) is 10.7 Å². The zero-order valence-corrected chi connectivity index (χ0v) is 14.7. The van der Waals surface area contributed by atoms with Gasteiger partial charge in [0.2, 0.25) is 10.0 Å². The molecule has 24 heavy (non-hydrogen) atoms. The normalized spacial score (nSPS) is 12.3. The zero-order valence-electron chi connectivity index (χ0n) is 13.1. The van der Waals surface area contributed by atoms with Crippen LogP contribution in [0.1, 0.15) is 6.92 Å². The number of nitrogens with one attached hydrogen (secondary N) is 2. The molecule has 2 aromatic rings. The van der Waals surface area contributed by atoms with Crippen LogP contribution in [-0.4, -0.2) is 26.7 Å². The van der Waals surface area contributed by atoms with E-state index in [0.29, 0.717) is 22.1 Å². The molecule has 0 fully saturated rings. The number of halogens is 1. The lowest BCUT2D eigenvalue weighted by atomic mass is 10.2. The van der Waals surface area contributed by atoms with E-state index in [1.807, 2.05) is 0 Å². The van der Waals surface area contributed by atoms with Crippen molar-refractivity contribution in [3.05, 3.63) is 53.6 Å². The molecule has 0 spiro atoms. The first-order chi connectivity index (χ1) is 11.2. The van der Waals surface area contributed by atoms with E-state index >= 15 is 0 Å². The van der Waals surface area contributed by atoms with Gasteiger partial charge in [-0.05, 0) is 43.3 Å². The molecule has 0 saturated heterocycles. The van der Waals surface area contributed by atoms with Crippen LogP contribution >= 0.6 is 11.6 Å². The predicted octanol–water partition coefficient (Wildman–Crippen LogP) is 3.12. The molecule has 2 rings (SSSR count). The third kappa shape index (κ3) is 5.75. The fourth-order valence-electron chi connectivity index (χ4n) is 1.92. The van der Waals surface area contributed by atoms with Crippen LogP contribution < -0.4 is 14.8 Å². The van der Waals surface area contributed by atoms with Gasteiger partial charge in [-0.2, -0.15) is 0 Å². The SMILES string of the molecule is C[C@@H](Oc1cccc(Cl)c1)C(=O)Nc1cccc(NS(C)(=O)=O)c1. The molecule has 0 bridgehead atoms. The molecule has 0 radical (unpaired) electrons. The van der Waals surface area contributed by atoms with Crippen molar-refractivity contribution in [2.45, 2.75) is 13.0 Å². The lowest BCUT2D eigenvalue weighted by Gasteiger charge is -2.15. The van der Waals surface area contributed by atoms with Gasteiger partial charge in [-0.3, -0.25) is 9.52 Å². The maximum atomic E-state index is 12.2. The molecule has 0 unspecified atom stereocenters. The highest BCUT2D eigenvalue weighted by atomic mass is 35.5. The summed E-state index contributed by atoms with van der Waals surface area (Å²) in [7, 11) is -3.38. The van der Waals surface area contributed by atoms with Crippen LogP contribution in [-0.2, 0) is 14.8 Å². The molecule has 128 valence electrons. The van der Waals surface area contributed by atoms with Gasteiger partial charge in [0.1, 0.15) is 5.75 Å². The molecule has 2 N–H and O–H groups in total. The monoisotopic (exact) mass is 368 g/mol. The number of amides is 1. The van der Waals surface area contributed by atoms with Crippen molar-refractivity contribution in [2.24, 2.45) is 0 Å². The van der Waals surface area contributed by atoms with E-state index in [-0.39, 0.29) is 5.91 Å². The molecular formula is C16H17ClN2O4S. The van der Waals surface area contributed by atoms with Crippen molar-refractivity contribution >= 4 is 38.9 Å². The highest BCUT2D eigenvalue weighted by molar-refractivity contribution is 7.92. The first kappa shape index (κ1) is 18.1. The van der Waals surface area contributed by atoms with Crippen LogP contribution in [0.5, 0.6) is 5.75 Å². The summed E-state index contributed by atoms with van der Waals surface area (Å²) in [5, 5.41) is 3.18. The number of anilines is 2. The van der Waals surface area contributed by atoms with Gasteiger partial charge in [-0.1, -0.05) is 23.7 Å². The van der Waals surface area contributed by atoms with Crippen LogP contribution in [0.2, 0.25) is 5.02 Å². The smallest absolute Gasteiger partial charge is 0.265 e. The summed E-state index contributed by atoms with van der Waals surface area (Å²) in [5.74, 6) is 0.115. The molecular weight excluding hydrogens is 352 g/mol. The first-order valence-corrected chi connectivity index (χ1v) is 9.31. The molecule has 0 aliphatic heterocycles. The second-order valence-corrected chi connectivity index (χ2v) is 7.35. The van der Waals surface area contributed by atoms with Crippen molar-refractivity contribution in [3.8, 4) is 5.75 Å². The Morgan fingerprint density at radius 2 is 1.79 bits per heavy atom. The standard InChI is InChI=1S/C16H17ClN2O4S/c1-11(23-15-8-3-5-12(17)9-15)16(20)18-13-6-4-7-14(10-13)19-24(2,21)22/h3-11,19H,1-2H3,(H,18,20)/t11-/m1/s1. The second-order valence-electron chi connectivity index (χ2n) is 5.16. The Morgan fingerprint density at radius 3 is 2.46 bits per heavy atom. The molecule has 0 aliphatic rings. The minimum absolute atomic E-state index is 0.360. The van der Waals surface area contributed by atoms with E-state index in [0.717, 1.165) is 6.26 Å². The summed E-state index contributed by atoms with van der Waals surface area (Å²) in [5.41, 5.74) is 0.814. The lowest BCUT2D eigenvalue weighted by Crippen LogP contribution is -2.30. The number of hydrogen-bond donors (Lipinski definition) is 2. The van der Waals surface area contributed by atoms with Gasteiger partial charge < -0.3 is 10.1 Å². The molecule has 2 aromatic carbocycles. The topological polar surface area (TPSA) is 84.5 Å². The summed E-state index contributed by atoms with van der Waals surface area (Å²) in [6, 6.07) is 13.1. The Bertz CT molecular complexity index is 839. The van der Waals surface area contributed by atoms with Gasteiger partial charge >= 0.3 is 0 Å². The van der Waals surface area contributed by atoms with Crippen LogP contribution in [0.4, 0.5) is 11.4 Å². The number of ether oxygens (including phenoxy) is 1. The van der Waals surface area contributed by atoms with Crippen LogP contribution in [0.3, 0.4) is 0 Å². The molecule has 0 aromatic heterocycles. The van der Waals surface area contributed by atoms with E-state index in [9.17, 15) is 13.2 Å². The van der Waals surface area contributed by atoms with E-state index < -0.39 is 16.1 Å². The average Bonchev–Trinajstić information content (AvgIpc) is 2.45. The molecule has 6 nitrogen and oxygen atoms in total. The van der Waals surface area contributed by atoms with Crippen molar-refractivity contribution in [1.29, 1.82) is 0 Å². The fourth-order valence-corrected chi connectivity index (χ4v) is 2.65. The second kappa shape index (κ2) is 7.55. The Morgan fingerprint density at radius 1 is 1.12 bits per heavy atom. The fraction of sp³-hybridized carbons (Fsp3) is 0.188. The molecule has 0 heterocycles. The van der Waals surface area contributed by atoms with Gasteiger partial charge in [0.05, 0.1) is 11.9 Å². The first-order valence-electron chi connectivity index (χ1n) is 7.04. The predicted molar refractivity (Wildman–Crippen MR) is 95.1 cm³/mol. The number of benzene rings is 2. The van der Waals surface area contributed by atoms with E-state index in [4.69, 9.17) is 16.3 Å². The van der Waals surface area contributed by atoms with Crippen molar-refractivity contribution in [3.63, 3.8) is 0 Å². The average molecular weight is 369 g/mol. The maximum Gasteiger partial charge on any atom is 0.265 e. The summed E-state index contributed by atoms with van der Waals surface area (Å²) < 4.78 is 30.4. The minimum Gasteiger partial charge on any atom is -0.481 e. The third-order valence-electron chi connectivity index (χ3n) is 2.91. The number of carbonyl (C=O) groups is 1. The highest BCUT2D eigenvalue weighted by Crippen LogP contribution is 2.20. The van der Waals surface area contributed by atoms with E-state index in [1.54, 1.807) is 49.4 Å². The number of rotatable bonds is 6. The van der Waals surface area contributed by atoms with E-state index in [2.05, 4.69) is 10.0 Å². The van der Waals surface area contributed by atoms with Crippen LogP contribution in [0, 0.1) is 0 Å². The maximum absolute atomic E-state index is 12.2. The quantitative estimate of drug-likeness (QED) is 0.820. The third-order valence-corrected chi connectivity index (χ3v) is 3.75. The summed E-state index contributed by atoms with van der Waals surface area (Å²) >= 11 is 5.87. The Labute approximate surface area is 145 Å². The van der Waals surface area contributed by atoms with Crippen LogP contribution in [0.25, 0.3) is 0 Å². The minimum atomic E-state index is -3.38. The summed E-state index contributed by atoms with van der Waals surface area (Å²) in [4.78, 5) is 12.2. The Kier molecular flexibility index (Phi) is 5.69. The highest BCUT2D eigenvalue weighted by Gasteiger charge is 2.15. The number of carbonyl (C=O) groups excluding carboxylic acids is 1. The van der Waals surface area contributed by atoms with Crippen molar-refractivity contribution in [1.82, 2.24) is 0 Å². The van der Waals surface area contributed by atoms with Crippen molar-refractivity contribution < 1.29 is 17.9 Å². The van der Waals surface area contributed by atoms with Gasteiger partial charge in [0.15, 0.2) is 6.10 Å². The summed E-state index contributed by atoms with van der Waals surface area (Å²) in [6.07, 6.45) is 0.300. The largest absolute Gasteiger partial charge is 0.481 e. The van der Waals surface area contributed by atoms with Crippen molar-refractivity contribution in [2.75, 3.05) is 16.3 Å². The molecule has 8 heteroatoms. The number of hydrogen-bond acceptors (Lipinski definition) is 4. The van der Waals surface area contributed by atoms with Gasteiger partial charge in [-0.15, -0.1) is 0 Å². The van der Waals surface area contributed by atoms with E-state index in [1.165, 1.54) is 6.07 Å². The Balaban J connectivity index is 2.02. The molecule has 0 saturated carbocycles. The molecule has 1 atom stereocenters. The Hall–Kier alpha value is -2.25. The van der Waals surface area contributed by atoms with Crippen LogP contribution in [0.15, 0.2) is 48.5 Å². The molecule has 1 amide bonds. The number of sulfonamides is 1. The lowest BCUT2D eigenvalue weighted by molar-refractivity contribution is -0.122. The summed E-state index contributed by atoms with van der Waals surface area (Å²) in [6.45, 7) is 1.61. The molecule has 0 aliphatic carbocycles. The van der Waals surface area contributed by atoms with Gasteiger partial charge in [0.25, 0.3) is 5.91 Å². The van der Waals surface area contributed by atoms with Gasteiger partial charge in [-0.25, -0.2) is 8.42 Å².